The first-order valence-corrected chi connectivity index (χ1v) is 15.0. The van der Waals surface area contributed by atoms with Gasteiger partial charge < -0.3 is 20.3 Å². The summed E-state index contributed by atoms with van der Waals surface area (Å²) in [6.45, 7) is 8.17. The molecular weight excluding hydrogens is 490 g/mol. The number of pyridine rings is 1. The second kappa shape index (κ2) is 10.5. The van der Waals surface area contributed by atoms with E-state index in [1.54, 1.807) is 17.7 Å². The van der Waals surface area contributed by atoms with Crippen LogP contribution >= 0.6 is 0 Å². The smallest absolute Gasteiger partial charge is 0.274 e. The molecule has 0 spiro atoms. The van der Waals surface area contributed by atoms with Gasteiger partial charge in [0.25, 0.3) is 11.8 Å². The second-order valence-electron chi connectivity index (χ2n) is 13.7. The number of hydrogen-bond acceptors (Lipinski definition) is 5. The lowest BCUT2D eigenvalue weighted by atomic mass is 9.49. The first-order chi connectivity index (χ1) is 18.8. The highest BCUT2D eigenvalue weighted by Crippen LogP contribution is 2.59. The molecule has 7 rings (SSSR count). The van der Waals surface area contributed by atoms with Gasteiger partial charge in [0.15, 0.2) is 0 Å². The van der Waals surface area contributed by atoms with Crippen LogP contribution in [-0.4, -0.2) is 72.0 Å². The van der Waals surface area contributed by atoms with Crippen molar-refractivity contribution in [3.05, 3.63) is 35.8 Å². The maximum Gasteiger partial charge on any atom is 0.274 e. The molecule has 212 valence electrons. The van der Waals surface area contributed by atoms with Gasteiger partial charge in [0.05, 0.1) is 0 Å². The zero-order valence-corrected chi connectivity index (χ0v) is 23.9. The molecule has 4 bridgehead atoms. The molecule has 4 saturated carbocycles. The molecule has 1 aliphatic heterocycles. The monoisotopic (exact) mass is 535 g/mol. The van der Waals surface area contributed by atoms with Gasteiger partial charge >= 0.3 is 0 Å². The quantitative estimate of drug-likeness (QED) is 0.471. The number of imidazole rings is 1. The fourth-order valence-electron chi connectivity index (χ4n) is 8.82. The average Bonchev–Trinajstić information content (AvgIpc) is 3.34. The maximum atomic E-state index is 14.0. The van der Waals surface area contributed by atoms with Crippen LogP contribution < -0.4 is 10.6 Å². The van der Waals surface area contributed by atoms with E-state index in [0.717, 1.165) is 50.2 Å². The van der Waals surface area contributed by atoms with Crippen LogP contribution in [-0.2, 0) is 4.74 Å². The van der Waals surface area contributed by atoms with Gasteiger partial charge in [0.2, 0.25) is 0 Å². The van der Waals surface area contributed by atoms with Crippen molar-refractivity contribution < 1.29 is 14.3 Å². The summed E-state index contributed by atoms with van der Waals surface area (Å²) in [4.78, 5) is 34.1. The lowest BCUT2D eigenvalue weighted by Gasteiger charge is -2.56. The molecule has 1 atom stereocenters. The summed E-state index contributed by atoms with van der Waals surface area (Å²) in [6.07, 6.45) is 11.4. The van der Waals surface area contributed by atoms with Crippen LogP contribution in [0.15, 0.2) is 24.4 Å². The molecule has 39 heavy (non-hydrogen) atoms. The Hall–Kier alpha value is -2.45. The molecule has 8 nitrogen and oxygen atoms in total. The van der Waals surface area contributed by atoms with E-state index in [2.05, 4.69) is 24.5 Å². The minimum atomic E-state index is -0.0795. The van der Waals surface area contributed by atoms with Crippen LogP contribution in [0.3, 0.4) is 0 Å². The third-order valence-electron chi connectivity index (χ3n) is 10.2. The second-order valence-corrected chi connectivity index (χ2v) is 13.7. The molecule has 1 unspecified atom stereocenters. The van der Waals surface area contributed by atoms with Crippen LogP contribution in [0.2, 0.25) is 0 Å². The van der Waals surface area contributed by atoms with Crippen LogP contribution in [0, 0.1) is 28.6 Å². The molecule has 2 amide bonds. The number of ether oxygens (including phenoxy) is 1. The van der Waals surface area contributed by atoms with Gasteiger partial charge in [0, 0.05) is 45.6 Å². The summed E-state index contributed by atoms with van der Waals surface area (Å²) in [5.74, 6) is 2.42. The predicted molar refractivity (Wildman–Crippen MR) is 151 cm³/mol. The van der Waals surface area contributed by atoms with E-state index in [1.807, 2.05) is 23.1 Å². The van der Waals surface area contributed by atoms with Crippen molar-refractivity contribution in [1.82, 2.24) is 24.9 Å². The Kier molecular flexibility index (Phi) is 7.21. The van der Waals surface area contributed by atoms with Gasteiger partial charge in [0.1, 0.15) is 17.0 Å². The Balaban J connectivity index is 1.21. The third kappa shape index (κ3) is 5.22. The third-order valence-corrected chi connectivity index (χ3v) is 10.2. The molecular formula is C31H45N5O3. The molecule has 0 radical (unpaired) electrons. The number of nitrogens with zero attached hydrogens (tertiary/aromatic N) is 3. The van der Waals surface area contributed by atoms with Crippen LogP contribution in [0.1, 0.15) is 86.2 Å². The van der Waals surface area contributed by atoms with Crippen molar-refractivity contribution in [3.63, 3.8) is 0 Å². The SMILES string of the molecule is COCCCN(C(=O)c1cn2c(C(=O)NCC34CC5CC(CC(C5)C3)C4)cccc2n1)C1CCNCC1(C)C. The van der Waals surface area contributed by atoms with Crippen LogP contribution in [0.4, 0.5) is 0 Å². The lowest BCUT2D eigenvalue weighted by Crippen LogP contribution is -2.56. The van der Waals surface area contributed by atoms with Crippen molar-refractivity contribution in [3.8, 4) is 0 Å². The molecule has 8 heteroatoms. The number of carbonyl (C=O) groups is 2. The Labute approximate surface area is 232 Å². The lowest BCUT2D eigenvalue weighted by molar-refractivity contribution is -0.0503. The molecule has 5 aliphatic rings. The highest BCUT2D eigenvalue weighted by molar-refractivity contribution is 5.95. The number of hydrogen-bond donors (Lipinski definition) is 2. The van der Waals surface area contributed by atoms with E-state index < -0.39 is 0 Å². The van der Waals surface area contributed by atoms with E-state index in [-0.39, 0.29) is 28.7 Å². The predicted octanol–water partition coefficient (Wildman–Crippen LogP) is 4.15. The van der Waals surface area contributed by atoms with Gasteiger partial charge in [-0.3, -0.25) is 14.0 Å². The molecule has 2 N–H and O–H groups in total. The van der Waals surface area contributed by atoms with Gasteiger partial charge in [-0.1, -0.05) is 19.9 Å². The van der Waals surface area contributed by atoms with Crippen molar-refractivity contribution in [2.24, 2.45) is 28.6 Å². The number of amides is 2. The molecule has 4 aliphatic carbocycles. The van der Waals surface area contributed by atoms with E-state index in [1.165, 1.54) is 38.5 Å². The van der Waals surface area contributed by atoms with Gasteiger partial charge in [-0.2, -0.15) is 0 Å². The molecule has 3 heterocycles. The summed E-state index contributed by atoms with van der Waals surface area (Å²) in [5.41, 5.74) is 1.78. The first-order valence-electron chi connectivity index (χ1n) is 15.0. The number of carbonyl (C=O) groups excluding carboxylic acids is 2. The number of aromatic nitrogens is 2. The highest BCUT2D eigenvalue weighted by atomic mass is 16.5. The van der Waals surface area contributed by atoms with Crippen LogP contribution in [0.25, 0.3) is 5.65 Å². The van der Waals surface area contributed by atoms with Gasteiger partial charge in [-0.05, 0) is 98.6 Å². The van der Waals surface area contributed by atoms with E-state index in [0.29, 0.717) is 30.2 Å². The average molecular weight is 536 g/mol. The normalized spacial score (nSPS) is 30.9. The number of methoxy groups -OCH3 is 1. The minimum Gasteiger partial charge on any atom is -0.385 e. The Bertz CT molecular complexity index is 1180. The maximum absolute atomic E-state index is 14.0. The van der Waals surface area contributed by atoms with E-state index in [4.69, 9.17) is 9.72 Å². The summed E-state index contributed by atoms with van der Waals surface area (Å²) in [7, 11) is 1.69. The van der Waals surface area contributed by atoms with E-state index in [9.17, 15) is 9.59 Å². The Morgan fingerprint density at radius 3 is 2.54 bits per heavy atom. The molecule has 2 aromatic rings. The summed E-state index contributed by atoms with van der Waals surface area (Å²) in [6, 6.07) is 5.68. The molecule has 0 aromatic carbocycles. The standard InChI is InChI=1S/C31H45N5O3/c1-30(2)19-32-9-8-26(30)35(10-5-11-39-3)29(38)24-18-36-25(6-4-7-27(36)34-24)28(37)33-20-31-15-21-12-22(16-31)14-23(13-21)17-31/h4,6-7,18,21-23,26,32H,5,8-17,19-20H2,1-3H3,(H,33,37). The Morgan fingerprint density at radius 2 is 1.87 bits per heavy atom. The van der Waals surface area contributed by atoms with Gasteiger partial charge in [-0.25, -0.2) is 4.98 Å². The Morgan fingerprint density at radius 1 is 1.15 bits per heavy atom. The highest BCUT2D eigenvalue weighted by Gasteiger charge is 2.50. The number of rotatable bonds is 9. The molecule has 1 saturated heterocycles. The zero-order chi connectivity index (χ0) is 27.2. The number of piperidine rings is 1. The van der Waals surface area contributed by atoms with Crippen molar-refractivity contribution in [2.75, 3.05) is 39.9 Å². The molecule has 5 fully saturated rings. The number of nitrogens with one attached hydrogen (secondary N) is 2. The largest absolute Gasteiger partial charge is 0.385 e. The first kappa shape index (κ1) is 26.8. The summed E-state index contributed by atoms with van der Waals surface area (Å²) < 4.78 is 7.09. The minimum absolute atomic E-state index is 0.0531. The van der Waals surface area contributed by atoms with Crippen molar-refractivity contribution >= 4 is 17.5 Å². The van der Waals surface area contributed by atoms with E-state index >= 15 is 0 Å². The van der Waals surface area contributed by atoms with Gasteiger partial charge in [-0.15, -0.1) is 0 Å². The fourth-order valence-corrected chi connectivity index (χ4v) is 8.82. The number of fused-ring (bicyclic) bond motifs is 1. The fraction of sp³-hybridized carbons (Fsp3) is 0.710. The molecule has 2 aromatic heterocycles. The van der Waals surface area contributed by atoms with Crippen molar-refractivity contribution in [1.29, 1.82) is 0 Å². The van der Waals surface area contributed by atoms with Crippen LogP contribution in [0.5, 0.6) is 0 Å². The van der Waals surface area contributed by atoms with Crippen molar-refractivity contribution in [2.45, 2.75) is 71.3 Å². The summed E-state index contributed by atoms with van der Waals surface area (Å²) in [5, 5.41) is 6.78. The summed E-state index contributed by atoms with van der Waals surface area (Å²) >= 11 is 0. The zero-order valence-electron chi connectivity index (χ0n) is 23.9. The topological polar surface area (TPSA) is 88.0 Å².